The Kier molecular flexibility index (Phi) is 5.51. The van der Waals surface area contributed by atoms with Crippen LogP contribution in [0, 0.1) is 6.92 Å². The summed E-state index contributed by atoms with van der Waals surface area (Å²) in [5.41, 5.74) is 2.16. The molecule has 0 spiro atoms. The minimum absolute atomic E-state index is 0.0942. The van der Waals surface area contributed by atoms with E-state index < -0.39 is 23.8 Å². The lowest BCUT2D eigenvalue weighted by atomic mass is 10.0. The number of aryl methyl sites for hydroxylation is 1. The fraction of sp³-hybridized carbons (Fsp3) is 0.125. The Balaban J connectivity index is 1.46. The Morgan fingerprint density at radius 2 is 1.77 bits per heavy atom. The highest BCUT2D eigenvalue weighted by Crippen LogP contribution is 2.32. The van der Waals surface area contributed by atoms with Gasteiger partial charge in [-0.25, -0.2) is 4.99 Å². The molecule has 0 radical (unpaired) electrons. The third-order valence-corrected chi connectivity index (χ3v) is 5.29. The van der Waals surface area contributed by atoms with Gasteiger partial charge in [0.1, 0.15) is 5.69 Å². The Bertz CT molecular complexity index is 1430. The van der Waals surface area contributed by atoms with E-state index in [0.717, 1.165) is 17.2 Å². The van der Waals surface area contributed by atoms with E-state index in [1.54, 1.807) is 12.1 Å². The maximum absolute atomic E-state index is 12.9. The molecule has 2 aromatic heterocycles. The molecule has 0 saturated carbocycles. The van der Waals surface area contributed by atoms with Crippen LogP contribution in [0.2, 0.25) is 0 Å². The van der Waals surface area contributed by atoms with E-state index in [1.165, 1.54) is 6.92 Å². The number of hydrogen-bond acceptors (Lipinski definition) is 7. The summed E-state index contributed by atoms with van der Waals surface area (Å²) < 4.78 is 44.4. The van der Waals surface area contributed by atoms with Crippen LogP contribution in [0.1, 0.15) is 22.3 Å². The maximum atomic E-state index is 12.9. The largest absolute Gasteiger partial charge is 0.417 e. The standard InChI is InChI=1S/C24H17F3N6O2/c1-13-11-15(24(25,26)27)12-28-18(13)22-32-33-23(35-22)31-20-21(34)29-17-10-6-5-9-16(17)19(30-20)14-7-3-2-4-8-14/h2-12,20H,1H3,(H,29,34)(H,31,33)/t20-/m1/s1. The van der Waals surface area contributed by atoms with Crippen LogP contribution in [0.25, 0.3) is 11.6 Å². The molecule has 0 fully saturated rings. The minimum atomic E-state index is -4.52. The van der Waals surface area contributed by atoms with Gasteiger partial charge in [0, 0.05) is 17.3 Å². The number of fused-ring (bicyclic) bond motifs is 1. The zero-order valence-electron chi connectivity index (χ0n) is 18.2. The molecule has 8 nitrogen and oxygen atoms in total. The molecule has 1 atom stereocenters. The summed E-state index contributed by atoms with van der Waals surface area (Å²) >= 11 is 0. The number of carbonyl (C=O) groups is 1. The Morgan fingerprint density at radius 1 is 1.03 bits per heavy atom. The highest BCUT2D eigenvalue weighted by Gasteiger charge is 2.32. The number of carbonyl (C=O) groups excluding carboxylic acids is 1. The zero-order chi connectivity index (χ0) is 24.6. The van der Waals surface area contributed by atoms with Gasteiger partial charge < -0.3 is 15.1 Å². The Labute approximate surface area is 196 Å². The van der Waals surface area contributed by atoms with Gasteiger partial charge in [0.2, 0.25) is 6.17 Å². The predicted molar refractivity (Wildman–Crippen MR) is 122 cm³/mol. The molecule has 2 aromatic carbocycles. The number of para-hydroxylation sites is 1. The average molecular weight is 478 g/mol. The predicted octanol–water partition coefficient (Wildman–Crippen LogP) is 4.69. The molecule has 2 N–H and O–H groups in total. The summed E-state index contributed by atoms with van der Waals surface area (Å²) in [4.78, 5) is 21.4. The van der Waals surface area contributed by atoms with Crippen molar-refractivity contribution in [3.05, 3.63) is 89.1 Å². The monoisotopic (exact) mass is 478 g/mol. The molecule has 5 rings (SSSR count). The number of nitrogens with zero attached hydrogens (tertiary/aromatic N) is 4. The van der Waals surface area contributed by atoms with Gasteiger partial charge in [0.25, 0.3) is 11.8 Å². The van der Waals surface area contributed by atoms with Gasteiger partial charge in [-0.1, -0.05) is 53.6 Å². The van der Waals surface area contributed by atoms with E-state index in [1.807, 2.05) is 42.5 Å². The molecule has 4 aromatic rings. The van der Waals surface area contributed by atoms with Crippen molar-refractivity contribution >= 4 is 23.3 Å². The second kappa shape index (κ2) is 8.67. The topological polar surface area (TPSA) is 105 Å². The first kappa shape index (κ1) is 22.3. The Hall–Kier alpha value is -4.54. The molecule has 1 aliphatic heterocycles. The van der Waals surface area contributed by atoms with Crippen LogP contribution in [0.4, 0.5) is 24.9 Å². The average Bonchev–Trinajstić information content (AvgIpc) is 3.25. The molecule has 0 aliphatic carbocycles. The normalized spacial score (nSPS) is 15.6. The van der Waals surface area contributed by atoms with Crippen LogP contribution >= 0.6 is 0 Å². The second-order valence-corrected chi connectivity index (χ2v) is 7.73. The van der Waals surface area contributed by atoms with Crippen LogP contribution in [0.5, 0.6) is 0 Å². The van der Waals surface area contributed by atoms with Gasteiger partial charge in [-0.2, -0.15) is 13.2 Å². The van der Waals surface area contributed by atoms with E-state index in [0.29, 0.717) is 17.6 Å². The van der Waals surface area contributed by atoms with Crippen LogP contribution < -0.4 is 10.6 Å². The molecule has 176 valence electrons. The summed E-state index contributed by atoms with van der Waals surface area (Å²) in [5, 5.41) is 13.4. The highest BCUT2D eigenvalue weighted by molar-refractivity contribution is 6.19. The van der Waals surface area contributed by atoms with Crippen molar-refractivity contribution in [1.29, 1.82) is 0 Å². The van der Waals surface area contributed by atoms with E-state index >= 15 is 0 Å². The number of benzene rings is 2. The first-order valence-electron chi connectivity index (χ1n) is 10.5. The van der Waals surface area contributed by atoms with Gasteiger partial charge in [-0.15, -0.1) is 5.10 Å². The molecule has 1 aliphatic rings. The third kappa shape index (κ3) is 4.47. The first-order valence-corrected chi connectivity index (χ1v) is 10.5. The fourth-order valence-electron chi connectivity index (χ4n) is 3.63. The van der Waals surface area contributed by atoms with Crippen molar-refractivity contribution < 1.29 is 22.4 Å². The van der Waals surface area contributed by atoms with E-state index in [9.17, 15) is 18.0 Å². The van der Waals surface area contributed by atoms with Crippen LogP contribution in [-0.2, 0) is 11.0 Å². The number of anilines is 2. The molecule has 35 heavy (non-hydrogen) atoms. The molecule has 1 amide bonds. The SMILES string of the molecule is Cc1cc(C(F)(F)F)cnc1-c1nnc(N[C@H]2N=C(c3ccccc3)c3ccccc3NC2=O)o1. The van der Waals surface area contributed by atoms with Gasteiger partial charge in [0.15, 0.2) is 0 Å². The summed E-state index contributed by atoms with van der Waals surface area (Å²) in [7, 11) is 0. The van der Waals surface area contributed by atoms with Gasteiger partial charge in [0.05, 0.1) is 17.0 Å². The van der Waals surface area contributed by atoms with E-state index in [2.05, 4.69) is 30.8 Å². The number of rotatable bonds is 4. The lowest BCUT2D eigenvalue weighted by Gasteiger charge is -2.11. The molecule has 0 saturated heterocycles. The molecule has 0 unspecified atom stereocenters. The number of aliphatic imine (C=N–C) groups is 1. The van der Waals surface area contributed by atoms with Gasteiger partial charge >= 0.3 is 12.2 Å². The number of halogens is 3. The maximum Gasteiger partial charge on any atom is 0.417 e. The number of benzodiazepines with no additional fused rings is 1. The highest BCUT2D eigenvalue weighted by atomic mass is 19.4. The summed E-state index contributed by atoms with van der Waals surface area (Å²) in [6.45, 7) is 1.46. The van der Waals surface area contributed by atoms with Gasteiger partial charge in [-0.05, 0) is 24.6 Å². The number of amides is 1. The number of nitrogens with one attached hydrogen (secondary N) is 2. The smallest absolute Gasteiger partial charge is 0.402 e. The van der Waals surface area contributed by atoms with Crippen molar-refractivity contribution in [2.45, 2.75) is 19.3 Å². The van der Waals surface area contributed by atoms with Crippen LogP contribution in [0.15, 0.2) is 76.3 Å². The molecule has 0 bridgehead atoms. The minimum Gasteiger partial charge on any atom is -0.402 e. The zero-order valence-corrected chi connectivity index (χ0v) is 18.2. The van der Waals surface area contributed by atoms with E-state index in [4.69, 9.17) is 4.42 Å². The molecular formula is C24H17F3N6O2. The van der Waals surface area contributed by atoms with E-state index in [-0.39, 0.29) is 23.2 Å². The Morgan fingerprint density at radius 3 is 2.51 bits per heavy atom. The van der Waals surface area contributed by atoms with Crippen molar-refractivity contribution in [3.8, 4) is 11.6 Å². The fourth-order valence-corrected chi connectivity index (χ4v) is 3.63. The van der Waals surface area contributed by atoms with Crippen molar-refractivity contribution in [1.82, 2.24) is 15.2 Å². The van der Waals surface area contributed by atoms with Crippen LogP contribution in [-0.4, -0.2) is 33.0 Å². The number of alkyl halides is 3. The summed E-state index contributed by atoms with van der Waals surface area (Å²) in [6.07, 6.45) is -4.93. The van der Waals surface area contributed by atoms with Gasteiger partial charge in [-0.3, -0.25) is 9.78 Å². The second-order valence-electron chi connectivity index (χ2n) is 7.73. The molecule has 11 heteroatoms. The van der Waals surface area contributed by atoms with Crippen molar-refractivity contribution in [3.63, 3.8) is 0 Å². The number of pyridine rings is 1. The van der Waals surface area contributed by atoms with Crippen molar-refractivity contribution in [2.24, 2.45) is 4.99 Å². The number of aromatic nitrogens is 3. The summed E-state index contributed by atoms with van der Waals surface area (Å²) in [5.74, 6) is -0.546. The molecule has 3 heterocycles. The summed E-state index contributed by atoms with van der Waals surface area (Å²) in [6, 6.07) is 17.5. The van der Waals surface area contributed by atoms with Crippen LogP contribution in [0.3, 0.4) is 0 Å². The first-order chi connectivity index (χ1) is 16.8. The third-order valence-electron chi connectivity index (χ3n) is 5.29. The lowest BCUT2D eigenvalue weighted by molar-refractivity contribution is -0.137. The van der Waals surface area contributed by atoms with Crippen molar-refractivity contribution in [2.75, 3.05) is 10.6 Å². The molecular weight excluding hydrogens is 461 g/mol. The lowest BCUT2D eigenvalue weighted by Crippen LogP contribution is -2.32. The number of hydrogen-bond donors (Lipinski definition) is 2. The quantitative estimate of drug-likeness (QED) is 0.441.